The first-order valence-corrected chi connectivity index (χ1v) is 3.60. The third-order valence-corrected chi connectivity index (χ3v) is 1.79. The van der Waals surface area contributed by atoms with Crippen LogP contribution in [-0.4, -0.2) is 42.8 Å². The van der Waals surface area contributed by atoms with Crippen LogP contribution in [0.1, 0.15) is 0 Å². The van der Waals surface area contributed by atoms with Gasteiger partial charge in [-0.3, -0.25) is 4.90 Å². The van der Waals surface area contributed by atoms with E-state index in [1.165, 1.54) is 0 Å². The van der Waals surface area contributed by atoms with E-state index in [2.05, 4.69) is 23.6 Å². The molecule has 0 aliphatic carbocycles. The predicted octanol–water partition coefficient (Wildman–Crippen LogP) is -0.350. The van der Waals surface area contributed by atoms with Crippen molar-refractivity contribution in [2.45, 2.75) is 0 Å². The summed E-state index contributed by atoms with van der Waals surface area (Å²) in [4.78, 5) is 4.18. The standard InChI is InChI=1S/C7H14N4/c1-7-5-10(2)3-4-11(7)6-9-8/h6H,1,3-5,8H2,2H3/b9-6-. The Balaban J connectivity index is 2.50. The third-order valence-electron chi connectivity index (χ3n) is 1.79. The Hall–Kier alpha value is -1.03. The molecule has 1 rings (SSSR count). The minimum absolute atomic E-state index is 0.895. The van der Waals surface area contributed by atoms with E-state index >= 15 is 0 Å². The average molecular weight is 154 g/mol. The molecule has 2 N–H and O–H groups in total. The van der Waals surface area contributed by atoms with Crippen molar-refractivity contribution in [3.63, 3.8) is 0 Å². The summed E-state index contributed by atoms with van der Waals surface area (Å²) in [5.74, 6) is 5.03. The van der Waals surface area contributed by atoms with Gasteiger partial charge in [-0.2, -0.15) is 5.10 Å². The van der Waals surface area contributed by atoms with Gasteiger partial charge >= 0.3 is 0 Å². The lowest BCUT2D eigenvalue weighted by Gasteiger charge is -2.32. The summed E-state index contributed by atoms with van der Waals surface area (Å²) in [5.41, 5.74) is 1.05. The number of hydrogen-bond donors (Lipinski definition) is 1. The van der Waals surface area contributed by atoms with Crippen molar-refractivity contribution >= 4 is 6.34 Å². The fraction of sp³-hybridized carbons (Fsp3) is 0.571. The maximum atomic E-state index is 5.03. The highest BCUT2D eigenvalue weighted by Gasteiger charge is 2.14. The number of rotatable bonds is 1. The first-order valence-electron chi connectivity index (χ1n) is 3.60. The molecule has 0 unspecified atom stereocenters. The number of piperazine rings is 1. The second-order valence-corrected chi connectivity index (χ2v) is 2.76. The van der Waals surface area contributed by atoms with E-state index in [4.69, 9.17) is 5.84 Å². The molecule has 1 aliphatic heterocycles. The van der Waals surface area contributed by atoms with Crippen LogP contribution in [0.25, 0.3) is 0 Å². The van der Waals surface area contributed by atoms with E-state index in [0.717, 1.165) is 25.3 Å². The van der Waals surface area contributed by atoms with Crippen LogP contribution in [0.3, 0.4) is 0 Å². The van der Waals surface area contributed by atoms with Gasteiger partial charge in [-0.15, -0.1) is 0 Å². The quantitative estimate of drug-likeness (QED) is 0.243. The number of likely N-dealkylation sites (N-methyl/N-ethyl adjacent to an activating group) is 1. The van der Waals surface area contributed by atoms with E-state index < -0.39 is 0 Å². The van der Waals surface area contributed by atoms with Crippen LogP contribution in [0.4, 0.5) is 0 Å². The van der Waals surface area contributed by atoms with E-state index in [1.807, 2.05) is 4.90 Å². The van der Waals surface area contributed by atoms with E-state index in [-0.39, 0.29) is 0 Å². The Morgan fingerprint density at radius 2 is 2.36 bits per heavy atom. The monoisotopic (exact) mass is 154 g/mol. The highest BCUT2D eigenvalue weighted by atomic mass is 15.3. The summed E-state index contributed by atoms with van der Waals surface area (Å²) >= 11 is 0. The van der Waals surface area contributed by atoms with E-state index in [1.54, 1.807) is 6.34 Å². The highest BCUT2D eigenvalue weighted by Crippen LogP contribution is 2.06. The number of nitrogens with two attached hydrogens (primary N) is 1. The van der Waals surface area contributed by atoms with Gasteiger partial charge in [-0.05, 0) is 7.05 Å². The SMILES string of the molecule is C=C1CN(C)CCN1/C=N\N. The Morgan fingerprint density at radius 1 is 1.64 bits per heavy atom. The highest BCUT2D eigenvalue weighted by molar-refractivity contribution is 5.57. The van der Waals surface area contributed by atoms with Crippen LogP contribution in [0.15, 0.2) is 17.4 Å². The Kier molecular flexibility index (Phi) is 2.48. The maximum absolute atomic E-state index is 5.03. The maximum Gasteiger partial charge on any atom is 0.115 e. The molecule has 0 amide bonds. The Bertz CT molecular complexity index is 175. The van der Waals surface area contributed by atoms with Crippen molar-refractivity contribution in [3.05, 3.63) is 12.3 Å². The molecule has 1 fully saturated rings. The molecule has 0 aromatic rings. The molecule has 1 saturated heterocycles. The first kappa shape index (κ1) is 8.07. The van der Waals surface area contributed by atoms with Gasteiger partial charge in [0.25, 0.3) is 0 Å². The van der Waals surface area contributed by atoms with Crippen LogP contribution < -0.4 is 5.84 Å². The summed E-state index contributed by atoms with van der Waals surface area (Å²) in [6.45, 7) is 6.76. The predicted molar refractivity (Wildman–Crippen MR) is 46.0 cm³/mol. The van der Waals surface area contributed by atoms with Gasteiger partial charge in [0.15, 0.2) is 0 Å². The zero-order chi connectivity index (χ0) is 8.27. The van der Waals surface area contributed by atoms with Crippen molar-refractivity contribution < 1.29 is 0 Å². The summed E-state index contributed by atoms with van der Waals surface area (Å²) in [6.07, 6.45) is 1.62. The van der Waals surface area contributed by atoms with Gasteiger partial charge in [-0.25, -0.2) is 0 Å². The molecule has 0 saturated carbocycles. The molecule has 4 heteroatoms. The van der Waals surface area contributed by atoms with Crippen LogP contribution in [0, 0.1) is 0 Å². The summed E-state index contributed by atoms with van der Waals surface area (Å²) in [5, 5.41) is 3.46. The number of nitrogens with zero attached hydrogens (tertiary/aromatic N) is 3. The van der Waals surface area contributed by atoms with Crippen molar-refractivity contribution in [3.8, 4) is 0 Å². The molecule has 0 spiro atoms. The Morgan fingerprint density at radius 3 is 2.91 bits per heavy atom. The zero-order valence-corrected chi connectivity index (χ0v) is 6.82. The number of hydrazone groups is 1. The fourth-order valence-corrected chi connectivity index (χ4v) is 1.14. The molecular formula is C7H14N4. The largest absolute Gasteiger partial charge is 0.333 e. The molecule has 0 bridgehead atoms. The second kappa shape index (κ2) is 3.39. The smallest absolute Gasteiger partial charge is 0.115 e. The molecule has 1 heterocycles. The van der Waals surface area contributed by atoms with E-state index in [9.17, 15) is 0 Å². The molecule has 11 heavy (non-hydrogen) atoms. The minimum atomic E-state index is 0.895. The van der Waals surface area contributed by atoms with Gasteiger partial charge in [0.05, 0.1) is 0 Å². The lowest BCUT2D eigenvalue weighted by Crippen LogP contribution is -2.41. The molecular weight excluding hydrogens is 140 g/mol. The fourth-order valence-electron chi connectivity index (χ4n) is 1.14. The van der Waals surface area contributed by atoms with Gasteiger partial charge in [0, 0.05) is 25.3 Å². The molecule has 4 nitrogen and oxygen atoms in total. The first-order chi connectivity index (χ1) is 5.24. The molecule has 1 aliphatic rings. The molecule has 0 atom stereocenters. The van der Waals surface area contributed by atoms with E-state index in [0.29, 0.717) is 0 Å². The third kappa shape index (κ3) is 1.94. The van der Waals surface area contributed by atoms with Gasteiger partial charge in [0.2, 0.25) is 0 Å². The average Bonchev–Trinajstić information content (AvgIpc) is 1.95. The Labute approximate surface area is 67.0 Å². The molecule has 0 aromatic carbocycles. The van der Waals surface area contributed by atoms with Crippen molar-refractivity contribution in [2.24, 2.45) is 10.9 Å². The normalized spacial score (nSPS) is 21.5. The zero-order valence-electron chi connectivity index (χ0n) is 6.82. The van der Waals surface area contributed by atoms with Crippen LogP contribution in [0.5, 0.6) is 0 Å². The minimum Gasteiger partial charge on any atom is -0.333 e. The summed E-state index contributed by atoms with van der Waals surface area (Å²) in [6, 6.07) is 0. The second-order valence-electron chi connectivity index (χ2n) is 2.76. The summed E-state index contributed by atoms with van der Waals surface area (Å²) in [7, 11) is 2.07. The van der Waals surface area contributed by atoms with Gasteiger partial charge in [0.1, 0.15) is 6.34 Å². The van der Waals surface area contributed by atoms with Gasteiger partial charge < -0.3 is 10.7 Å². The number of hydrogen-bond acceptors (Lipinski definition) is 3. The van der Waals surface area contributed by atoms with Crippen molar-refractivity contribution in [1.82, 2.24) is 9.80 Å². The summed E-state index contributed by atoms with van der Waals surface area (Å²) < 4.78 is 0. The van der Waals surface area contributed by atoms with Gasteiger partial charge in [-0.1, -0.05) is 6.58 Å². The molecule has 62 valence electrons. The van der Waals surface area contributed by atoms with Crippen LogP contribution >= 0.6 is 0 Å². The lowest BCUT2D eigenvalue weighted by atomic mass is 10.3. The van der Waals surface area contributed by atoms with Crippen molar-refractivity contribution in [1.29, 1.82) is 0 Å². The lowest BCUT2D eigenvalue weighted by molar-refractivity contribution is 0.265. The molecule has 0 radical (unpaired) electrons. The van der Waals surface area contributed by atoms with Crippen molar-refractivity contribution in [2.75, 3.05) is 26.7 Å². The molecule has 0 aromatic heterocycles. The topological polar surface area (TPSA) is 44.9 Å². The van der Waals surface area contributed by atoms with Crippen LogP contribution in [-0.2, 0) is 0 Å². The van der Waals surface area contributed by atoms with Crippen LogP contribution in [0.2, 0.25) is 0 Å².